The fraction of sp³-hybridized carbons (Fsp3) is 0.316. The summed E-state index contributed by atoms with van der Waals surface area (Å²) < 4.78 is 8.02. The van der Waals surface area contributed by atoms with Gasteiger partial charge in [-0.05, 0) is 30.4 Å². The first-order valence-electron chi connectivity index (χ1n) is 8.77. The molecule has 1 fully saturated rings. The van der Waals surface area contributed by atoms with Crippen LogP contribution in [0, 0.1) is 0 Å². The molecule has 0 spiro atoms. The van der Waals surface area contributed by atoms with Crippen molar-refractivity contribution in [1.82, 2.24) is 14.5 Å². The number of thioether (sulfide) groups is 1. The molecule has 26 heavy (non-hydrogen) atoms. The van der Waals surface area contributed by atoms with Crippen LogP contribution in [-0.4, -0.2) is 44.6 Å². The number of aromatic nitrogens is 3. The highest BCUT2D eigenvalue weighted by Crippen LogP contribution is 2.29. The van der Waals surface area contributed by atoms with E-state index in [2.05, 4.69) is 14.5 Å². The van der Waals surface area contributed by atoms with Crippen LogP contribution in [0.4, 0.5) is 5.95 Å². The van der Waals surface area contributed by atoms with Crippen LogP contribution in [0.15, 0.2) is 42.6 Å². The first-order valence-corrected chi connectivity index (χ1v) is 9.93. The number of carbonyl (C=O) groups is 1. The van der Waals surface area contributed by atoms with Crippen LogP contribution in [0.3, 0.4) is 0 Å². The average molecular weight is 366 g/mol. The van der Waals surface area contributed by atoms with E-state index in [1.54, 1.807) is 23.2 Å². The molecular formula is C19H18N4O2S. The highest BCUT2D eigenvalue weighted by molar-refractivity contribution is 7.99. The molecule has 0 saturated carbocycles. The van der Waals surface area contributed by atoms with Crippen molar-refractivity contribution in [2.75, 3.05) is 23.0 Å². The van der Waals surface area contributed by atoms with Crippen LogP contribution >= 0.6 is 11.8 Å². The minimum Gasteiger partial charge on any atom is -0.473 e. The SMILES string of the molecule is O=C(c1ccnc(OC2CCSC2)c1)N1CCn2c1nc1ccccc12. The Labute approximate surface area is 155 Å². The van der Waals surface area contributed by atoms with Crippen LogP contribution in [0.2, 0.25) is 0 Å². The van der Waals surface area contributed by atoms with E-state index in [0.717, 1.165) is 35.5 Å². The fourth-order valence-electron chi connectivity index (χ4n) is 3.52. The third-order valence-corrected chi connectivity index (χ3v) is 5.96. The zero-order chi connectivity index (χ0) is 17.5. The summed E-state index contributed by atoms with van der Waals surface area (Å²) in [5.41, 5.74) is 2.56. The molecule has 7 heteroatoms. The van der Waals surface area contributed by atoms with E-state index < -0.39 is 0 Å². The predicted molar refractivity (Wildman–Crippen MR) is 102 cm³/mol. The monoisotopic (exact) mass is 366 g/mol. The second-order valence-corrected chi connectivity index (χ2v) is 7.64. The Morgan fingerprint density at radius 1 is 1.23 bits per heavy atom. The molecule has 0 N–H and O–H groups in total. The molecule has 1 saturated heterocycles. The Morgan fingerprint density at radius 3 is 3.04 bits per heavy atom. The number of anilines is 1. The largest absolute Gasteiger partial charge is 0.473 e. The lowest BCUT2D eigenvalue weighted by Crippen LogP contribution is -2.29. The van der Waals surface area contributed by atoms with E-state index >= 15 is 0 Å². The highest BCUT2D eigenvalue weighted by atomic mass is 32.2. The summed E-state index contributed by atoms with van der Waals surface area (Å²) in [4.78, 5) is 23.7. The van der Waals surface area contributed by atoms with Crippen molar-refractivity contribution >= 4 is 34.7 Å². The maximum atomic E-state index is 13.1. The molecule has 0 radical (unpaired) electrons. The molecule has 6 nitrogen and oxygen atoms in total. The van der Waals surface area contributed by atoms with Gasteiger partial charge in [0, 0.05) is 36.7 Å². The van der Waals surface area contributed by atoms with Gasteiger partial charge in [0.15, 0.2) is 0 Å². The molecule has 1 unspecified atom stereocenters. The van der Waals surface area contributed by atoms with Gasteiger partial charge in [-0.15, -0.1) is 0 Å². The number of hydrogen-bond acceptors (Lipinski definition) is 5. The minimum absolute atomic E-state index is 0.0629. The zero-order valence-corrected chi connectivity index (χ0v) is 15.0. The number of nitrogens with zero attached hydrogens (tertiary/aromatic N) is 4. The van der Waals surface area contributed by atoms with E-state index in [-0.39, 0.29) is 12.0 Å². The topological polar surface area (TPSA) is 60.2 Å². The quantitative estimate of drug-likeness (QED) is 0.713. The Balaban J connectivity index is 1.42. The second-order valence-electron chi connectivity index (χ2n) is 6.50. The maximum absolute atomic E-state index is 13.1. The molecule has 4 heterocycles. The van der Waals surface area contributed by atoms with E-state index in [1.807, 2.05) is 36.0 Å². The molecule has 0 bridgehead atoms. The summed E-state index contributed by atoms with van der Waals surface area (Å²) in [6.45, 7) is 1.39. The molecule has 3 aromatic rings. The van der Waals surface area contributed by atoms with Gasteiger partial charge in [-0.25, -0.2) is 9.97 Å². The minimum atomic E-state index is -0.0629. The van der Waals surface area contributed by atoms with Gasteiger partial charge in [0.2, 0.25) is 11.8 Å². The van der Waals surface area contributed by atoms with Gasteiger partial charge in [0.25, 0.3) is 5.91 Å². The summed E-state index contributed by atoms with van der Waals surface area (Å²) in [5, 5.41) is 0. The van der Waals surface area contributed by atoms with Crippen LogP contribution in [0.1, 0.15) is 16.8 Å². The molecule has 2 aliphatic heterocycles. The fourth-order valence-corrected chi connectivity index (χ4v) is 4.61. The zero-order valence-electron chi connectivity index (χ0n) is 14.2. The van der Waals surface area contributed by atoms with Crippen molar-refractivity contribution in [3.63, 3.8) is 0 Å². The molecule has 132 valence electrons. The van der Waals surface area contributed by atoms with Crippen molar-refractivity contribution in [2.24, 2.45) is 0 Å². The number of rotatable bonds is 3. The van der Waals surface area contributed by atoms with Gasteiger partial charge >= 0.3 is 0 Å². The number of para-hydroxylation sites is 2. The second kappa shape index (κ2) is 6.32. The highest BCUT2D eigenvalue weighted by Gasteiger charge is 2.29. The Bertz CT molecular complexity index is 981. The lowest BCUT2D eigenvalue weighted by Gasteiger charge is -2.15. The molecule has 1 amide bonds. The third-order valence-electron chi connectivity index (χ3n) is 4.83. The Hall–Kier alpha value is -2.54. The third kappa shape index (κ3) is 2.63. The Kier molecular flexibility index (Phi) is 3.81. The van der Waals surface area contributed by atoms with Crippen LogP contribution in [0.5, 0.6) is 5.88 Å². The molecule has 2 aliphatic rings. The van der Waals surface area contributed by atoms with E-state index in [4.69, 9.17) is 4.74 Å². The lowest BCUT2D eigenvalue weighted by atomic mass is 10.2. The smallest absolute Gasteiger partial charge is 0.260 e. The van der Waals surface area contributed by atoms with Gasteiger partial charge in [-0.3, -0.25) is 9.69 Å². The number of pyridine rings is 1. The number of imidazole rings is 1. The maximum Gasteiger partial charge on any atom is 0.260 e. The van der Waals surface area contributed by atoms with Gasteiger partial charge in [-0.1, -0.05) is 12.1 Å². The summed E-state index contributed by atoms with van der Waals surface area (Å²) in [6.07, 6.45) is 2.86. The molecular weight excluding hydrogens is 348 g/mol. The molecule has 5 rings (SSSR count). The lowest BCUT2D eigenvalue weighted by molar-refractivity contribution is 0.0987. The summed E-state index contributed by atoms with van der Waals surface area (Å²) in [7, 11) is 0. The van der Waals surface area contributed by atoms with Crippen molar-refractivity contribution in [1.29, 1.82) is 0 Å². The normalized spacial score (nSPS) is 19.1. The van der Waals surface area contributed by atoms with Gasteiger partial charge < -0.3 is 9.30 Å². The molecule has 0 aliphatic carbocycles. The first-order chi connectivity index (χ1) is 12.8. The summed E-state index contributed by atoms with van der Waals surface area (Å²) in [6, 6.07) is 11.5. The van der Waals surface area contributed by atoms with E-state index in [9.17, 15) is 4.79 Å². The summed E-state index contributed by atoms with van der Waals surface area (Å²) >= 11 is 1.89. The Morgan fingerprint density at radius 2 is 2.15 bits per heavy atom. The number of fused-ring (bicyclic) bond motifs is 3. The number of hydrogen-bond donors (Lipinski definition) is 0. The number of benzene rings is 1. The van der Waals surface area contributed by atoms with E-state index in [0.29, 0.717) is 23.9 Å². The van der Waals surface area contributed by atoms with Crippen LogP contribution < -0.4 is 9.64 Å². The number of ether oxygens (including phenoxy) is 1. The molecule has 2 aromatic heterocycles. The van der Waals surface area contributed by atoms with E-state index in [1.165, 1.54) is 0 Å². The molecule has 1 aromatic carbocycles. The predicted octanol–water partition coefficient (Wildman–Crippen LogP) is 2.98. The summed E-state index contributed by atoms with van der Waals surface area (Å²) in [5.74, 6) is 3.27. The van der Waals surface area contributed by atoms with Crippen molar-refractivity contribution in [3.8, 4) is 5.88 Å². The molecule has 1 atom stereocenters. The first kappa shape index (κ1) is 15.7. The van der Waals surface area contributed by atoms with Crippen molar-refractivity contribution in [3.05, 3.63) is 48.2 Å². The van der Waals surface area contributed by atoms with Crippen molar-refractivity contribution < 1.29 is 9.53 Å². The van der Waals surface area contributed by atoms with Crippen LogP contribution in [0.25, 0.3) is 11.0 Å². The number of amides is 1. The van der Waals surface area contributed by atoms with Gasteiger partial charge in [-0.2, -0.15) is 11.8 Å². The van der Waals surface area contributed by atoms with Crippen LogP contribution in [-0.2, 0) is 6.54 Å². The average Bonchev–Trinajstić information content (AvgIpc) is 3.38. The standard InChI is InChI=1S/C19H18N4O2S/c24-18(13-5-7-20-17(11-13)25-14-6-10-26-12-14)23-9-8-22-16-4-2-1-3-15(16)21-19(22)23/h1-5,7,11,14H,6,8-10,12H2. The van der Waals surface area contributed by atoms with Gasteiger partial charge in [0.1, 0.15) is 6.10 Å². The van der Waals surface area contributed by atoms with Gasteiger partial charge in [0.05, 0.1) is 11.0 Å². The van der Waals surface area contributed by atoms with Crippen molar-refractivity contribution in [2.45, 2.75) is 19.1 Å². The number of carbonyl (C=O) groups excluding carboxylic acids is 1.